The molecule has 5 rings (SSSR count). The summed E-state index contributed by atoms with van der Waals surface area (Å²) in [6.45, 7) is 0.701. The summed E-state index contributed by atoms with van der Waals surface area (Å²) in [5, 5.41) is 9.15. The predicted octanol–water partition coefficient (Wildman–Crippen LogP) is 3.11. The quantitative estimate of drug-likeness (QED) is 0.374. The van der Waals surface area contributed by atoms with E-state index in [1.54, 1.807) is 6.21 Å². The highest BCUT2D eigenvalue weighted by Crippen LogP contribution is 2.19. The van der Waals surface area contributed by atoms with E-state index in [9.17, 15) is 0 Å². The molecule has 1 aliphatic rings. The van der Waals surface area contributed by atoms with Crippen molar-refractivity contribution in [3.05, 3.63) is 83.9 Å². The lowest BCUT2D eigenvalue weighted by Crippen LogP contribution is -2.56. The molecule has 6 heteroatoms. The Balaban J connectivity index is 1.26. The average molecular weight is 370 g/mol. The first-order valence-corrected chi connectivity index (χ1v) is 9.35. The van der Waals surface area contributed by atoms with Gasteiger partial charge in [-0.3, -0.25) is 10.7 Å². The number of aromatic nitrogens is 2. The fourth-order valence-electron chi connectivity index (χ4n) is 3.67. The van der Waals surface area contributed by atoms with Crippen LogP contribution in [-0.2, 0) is 13.0 Å². The zero-order chi connectivity index (χ0) is 19.0. The first-order valence-electron chi connectivity index (χ1n) is 9.35. The van der Waals surface area contributed by atoms with Gasteiger partial charge in [-0.1, -0.05) is 18.2 Å². The van der Waals surface area contributed by atoms with E-state index in [4.69, 9.17) is 5.73 Å². The van der Waals surface area contributed by atoms with Crippen LogP contribution in [0.3, 0.4) is 0 Å². The minimum Gasteiger partial charge on any atom is -0.368 e. The summed E-state index contributed by atoms with van der Waals surface area (Å²) in [7, 11) is 0. The second kappa shape index (κ2) is 6.58. The summed E-state index contributed by atoms with van der Waals surface area (Å²) in [6.07, 6.45) is 8.17. The molecule has 0 spiro atoms. The summed E-state index contributed by atoms with van der Waals surface area (Å²) < 4.78 is 0. The Kier molecular flexibility index (Phi) is 3.91. The molecule has 0 saturated carbocycles. The number of nitrogens with one attached hydrogen (secondary N) is 4. The average Bonchev–Trinajstić information content (AvgIpc) is 3.34. The van der Waals surface area contributed by atoms with Gasteiger partial charge < -0.3 is 20.6 Å². The van der Waals surface area contributed by atoms with Crippen LogP contribution in [0.25, 0.3) is 21.8 Å². The molecule has 4 aromatic rings. The van der Waals surface area contributed by atoms with Crippen LogP contribution in [0.4, 0.5) is 0 Å². The third-order valence-corrected chi connectivity index (χ3v) is 5.09. The maximum Gasteiger partial charge on any atom is 0.187 e. The van der Waals surface area contributed by atoms with E-state index in [0.29, 0.717) is 13.0 Å². The molecule has 0 radical (unpaired) electrons. The van der Waals surface area contributed by atoms with Gasteiger partial charge in [-0.15, -0.1) is 0 Å². The van der Waals surface area contributed by atoms with Crippen LogP contribution in [0.5, 0.6) is 0 Å². The van der Waals surface area contributed by atoms with Gasteiger partial charge in [0, 0.05) is 42.6 Å². The van der Waals surface area contributed by atoms with Crippen molar-refractivity contribution >= 4 is 28.0 Å². The van der Waals surface area contributed by atoms with E-state index in [1.165, 1.54) is 16.3 Å². The number of H-pyrrole nitrogens is 2. The standard InChI is InChI=1S/C22H22N6/c23-22(13-15-2-4-19-18(11-15)6-9-24-19)27-10-7-21(28-22)26-14-16-1-3-17-5-8-25-20(17)12-16/h1-12,24-26,28H,13-14,23H2. The third-order valence-electron chi connectivity index (χ3n) is 5.09. The number of aromatic amines is 2. The van der Waals surface area contributed by atoms with Crippen LogP contribution in [0.2, 0.25) is 0 Å². The highest BCUT2D eigenvalue weighted by Gasteiger charge is 2.26. The molecule has 6 nitrogen and oxygen atoms in total. The van der Waals surface area contributed by atoms with Gasteiger partial charge in [0.15, 0.2) is 5.79 Å². The number of hydrogen-bond acceptors (Lipinski definition) is 4. The molecule has 140 valence electrons. The first-order chi connectivity index (χ1) is 13.7. The molecular formula is C22H22N6. The van der Waals surface area contributed by atoms with Crippen molar-refractivity contribution in [2.45, 2.75) is 18.8 Å². The van der Waals surface area contributed by atoms with Gasteiger partial charge in [-0.05, 0) is 58.3 Å². The molecule has 2 aromatic carbocycles. The summed E-state index contributed by atoms with van der Waals surface area (Å²) >= 11 is 0. The van der Waals surface area contributed by atoms with Crippen molar-refractivity contribution < 1.29 is 0 Å². The fraction of sp³-hybridized carbons (Fsp3) is 0.136. The number of rotatable bonds is 5. The normalized spacial score (nSPS) is 19.0. The van der Waals surface area contributed by atoms with Crippen molar-refractivity contribution in [3.63, 3.8) is 0 Å². The smallest absolute Gasteiger partial charge is 0.187 e. The maximum absolute atomic E-state index is 6.53. The third kappa shape index (κ3) is 3.25. The van der Waals surface area contributed by atoms with Crippen molar-refractivity contribution in [2.75, 3.05) is 0 Å². The monoisotopic (exact) mass is 370 g/mol. The van der Waals surface area contributed by atoms with E-state index in [-0.39, 0.29) is 0 Å². The number of fused-ring (bicyclic) bond motifs is 2. The van der Waals surface area contributed by atoms with Gasteiger partial charge in [0.2, 0.25) is 0 Å². The summed E-state index contributed by atoms with van der Waals surface area (Å²) in [6, 6.07) is 16.8. The lowest BCUT2D eigenvalue weighted by atomic mass is 10.0. The highest BCUT2D eigenvalue weighted by molar-refractivity contribution is 5.80. The number of hydrogen-bond donors (Lipinski definition) is 5. The lowest BCUT2D eigenvalue weighted by Gasteiger charge is -2.31. The summed E-state index contributed by atoms with van der Waals surface area (Å²) in [5.41, 5.74) is 11.1. The Morgan fingerprint density at radius 2 is 1.71 bits per heavy atom. The Hall–Kier alpha value is -3.51. The zero-order valence-electron chi connectivity index (χ0n) is 15.4. The molecule has 6 N–H and O–H groups in total. The molecule has 1 aliphatic heterocycles. The molecule has 0 bridgehead atoms. The largest absolute Gasteiger partial charge is 0.368 e. The Morgan fingerprint density at radius 3 is 2.64 bits per heavy atom. The van der Waals surface area contributed by atoms with Gasteiger partial charge >= 0.3 is 0 Å². The second-order valence-electron chi connectivity index (χ2n) is 7.24. The molecule has 1 atom stereocenters. The van der Waals surface area contributed by atoms with E-state index in [2.05, 4.69) is 74.1 Å². The van der Waals surface area contributed by atoms with Gasteiger partial charge in [-0.25, -0.2) is 0 Å². The molecule has 0 saturated heterocycles. The molecule has 0 aliphatic carbocycles. The SMILES string of the molecule is NC1(Cc2ccc3[nH]ccc3c2)N=CC=C(NCc2ccc3cc[nH]c3c2)N1. The van der Waals surface area contributed by atoms with Crippen LogP contribution >= 0.6 is 0 Å². The summed E-state index contributed by atoms with van der Waals surface area (Å²) in [5.74, 6) is -0.00315. The van der Waals surface area contributed by atoms with E-state index in [0.717, 1.165) is 22.4 Å². The molecular weight excluding hydrogens is 348 g/mol. The molecule has 0 fully saturated rings. The molecule has 2 aromatic heterocycles. The predicted molar refractivity (Wildman–Crippen MR) is 114 cm³/mol. The minimum atomic E-state index is -0.871. The molecule has 28 heavy (non-hydrogen) atoms. The van der Waals surface area contributed by atoms with Gasteiger partial charge in [0.25, 0.3) is 0 Å². The summed E-state index contributed by atoms with van der Waals surface area (Å²) in [4.78, 5) is 10.9. The molecule has 3 heterocycles. The Morgan fingerprint density at radius 1 is 0.893 bits per heavy atom. The first kappa shape index (κ1) is 16.6. The minimum absolute atomic E-state index is 0.595. The van der Waals surface area contributed by atoms with Crippen LogP contribution in [0.1, 0.15) is 11.1 Å². The number of benzene rings is 2. The lowest BCUT2D eigenvalue weighted by molar-refractivity contribution is 0.366. The highest BCUT2D eigenvalue weighted by atomic mass is 15.3. The number of allylic oxidation sites excluding steroid dienone is 1. The van der Waals surface area contributed by atoms with Crippen molar-refractivity contribution in [1.82, 2.24) is 20.6 Å². The van der Waals surface area contributed by atoms with Gasteiger partial charge in [0.1, 0.15) is 5.82 Å². The van der Waals surface area contributed by atoms with E-state index >= 15 is 0 Å². The Bertz CT molecular complexity index is 1200. The van der Waals surface area contributed by atoms with Crippen molar-refractivity contribution in [1.29, 1.82) is 0 Å². The number of nitrogens with two attached hydrogens (primary N) is 1. The van der Waals surface area contributed by atoms with Crippen molar-refractivity contribution in [3.8, 4) is 0 Å². The molecule has 0 amide bonds. The zero-order valence-corrected chi connectivity index (χ0v) is 15.4. The number of aliphatic imine (C=N–C) groups is 1. The number of nitrogens with zero attached hydrogens (tertiary/aromatic N) is 1. The van der Waals surface area contributed by atoms with Crippen LogP contribution in [0, 0.1) is 0 Å². The molecule has 1 unspecified atom stereocenters. The van der Waals surface area contributed by atoms with Gasteiger partial charge in [0.05, 0.1) is 0 Å². The fourth-order valence-corrected chi connectivity index (χ4v) is 3.67. The second-order valence-corrected chi connectivity index (χ2v) is 7.24. The van der Waals surface area contributed by atoms with E-state index < -0.39 is 5.79 Å². The Labute approximate surface area is 162 Å². The van der Waals surface area contributed by atoms with E-state index in [1.807, 2.05) is 18.5 Å². The topological polar surface area (TPSA) is 94.0 Å². The maximum atomic E-state index is 6.53. The van der Waals surface area contributed by atoms with Gasteiger partial charge in [-0.2, -0.15) is 0 Å². The van der Waals surface area contributed by atoms with Crippen LogP contribution in [0.15, 0.2) is 77.8 Å². The van der Waals surface area contributed by atoms with Crippen LogP contribution in [-0.4, -0.2) is 22.0 Å². The van der Waals surface area contributed by atoms with Crippen molar-refractivity contribution in [2.24, 2.45) is 10.7 Å². The van der Waals surface area contributed by atoms with Crippen LogP contribution < -0.4 is 16.4 Å².